The molecule has 2 heterocycles. The Bertz CT molecular complexity index is 1210. The third kappa shape index (κ3) is 4.34. The Morgan fingerprint density at radius 1 is 1.19 bits per heavy atom. The van der Waals surface area contributed by atoms with E-state index in [1.165, 1.54) is 16.7 Å². The Hall–Kier alpha value is -3.52. The van der Waals surface area contributed by atoms with Gasteiger partial charge in [-0.15, -0.1) is 0 Å². The van der Waals surface area contributed by atoms with Crippen molar-refractivity contribution in [3.8, 4) is 5.75 Å². The number of amidine groups is 1. The molecule has 0 bridgehead atoms. The molecule has 1 fully saturated rings. The van der Waals surface area contributed by atoms with E-state index in [1.54, 1.807) is 23.9 Å². The summed E-state index contributed by atoms with van der Waals surface area (Å²) in [5.74, 6) is -0.297. The number of para-hydroxylation sites is 1. The molecule has 8 heteroatoms. The van der Waals surface area contributed by atoms with Gasteiger partial charge in [0, 0.05) is 29.7 Å². The van der Waals surface area contributed by atoms with Crippen LogP contribution < -0.4 is 4.74 Å². The smallest absolute Gasteiger partial charge is 0.323 e. The third-order valence-electron chi connectivity index (χ3n) is 4.79. The fourth-order valence-electron chi connectivity index (χ4n) is 3.35. The van der Waals surface area contributed by atoms with Crippen LogP contribution in [-0.2, 0) is 16.1 Å². The van der Waals surface area contributed by atoms with E-state index >= 15 is 0 Å². The molecule has 1 amide bonds. The van der Waals surface area contributed by atoms with E-state index in [1.807, 2.05) is 55.5 Å². The lowest BCUT2D eigenvalue weighted by atomic mass is 10.1. The molecule has 0 spiro atoms. The Morgan fingerprint density at radius 3 is 2.65 bits per heavy atom. The summed E-state index contributed by atoms with van der Waals surface area (Å²) in [7, 11) is 1.69. The largest absolute Gasteiger partial charge is 0.494 e. The number of likely N-dealkylation sites (N-methyl/N-ethyl adjacent to an activating group) is 1. The van der Waals surface area contributed by atoms with Crippen molar-refractivity contribution >= 4 is 51.5 Å². The molecule has 3 aromatic rings. The highest BCUT2D eigenvalue weighted by molar-refractivity contribution is 8.18. The second-order valence-electron chi connectivity index (χ2n) is 6.92. The molecule has 0 radical (unpaired) electrons. The molecule has 7 nitrogen and oxygen atoms in total. The monoisotopic (exact) mass is 435 g/mol. The van der Waals surface area contributed by atoms with Gasteiger partial charge in [0.15, 0.2) is 5.17 Å². The summed E-state index contributed by atoms with van der Waals surface area (Å²) in [5, 5.41) is 10.7. The van der Waals surface area contributed by atoms with Crippen molar-refractivity contribution in [2.45, 2.75) is 13.5 Å². The first-order valence-electron chi connectivity index (χ1n) is 9.75. The van der Waals surface area contributed by atoms with E-state index < -0.39 is 5.97 Å². The molecule has 31 heavy (non-hydrogen) atoms. The number of aliphatic carboxylic acids is 1. The van der Waals surface area contributed by atoms with Crippen LogP contribution in [0.15, 0.2) is 64.6 Å². The molecule has 1 saturated heterocycles. The summed E-state index contributed by atoms with van der Waals surface area (Å²) < 4.78 is 7.12. The quantitative estimate of drug-likeness (QED) is 0.582. The van der Waals surface area contributed by atoms with Crippen LogP contribution in [0.1, 0.15) is 12.5 Å². The van der Waals surface area contributed by atoms with Crippen LogP contribution in [0.3, 0.4) is 0 Å². The van der Waals surface area contributed by atoms with E-state index in [2.05, 4.69) is 4.99 Å². The van der Waals surface area contributed by atoms with Crippen molar-refractivity contribution in [3.63, 3.8) is 0 Å². The lowest BCUT2D eigenvalue weighted by molar-refractivity contribution is -0.137. The van der Waals surface area contributed by atoms with Crippen molar-refractivity contribution in [1.82, 2.24) is 9.47 Å². The molecule has 1 aromatic heterocycles. The molecule has 2 aromatic carbocycles. The average Bonchev–Trinajstić information content (AvgIpc) is 3.22. The second-order valence-corrected chi connectivity index (χ2v) is 7.93. The molecule has 158 valence electrons. The Kier molecular flexibility index (Phi) is 5.81. The minimum absolute atomic E-state index is 0.144. The van der Waals surface area contributed by atoms with E-state index in [-0.39, 0.29) is 12.5 Å². The van der Waals surface area contributed by atoms with Gasteiger partial charge in [-0.25, -0.2) is 4.99 Å². The van der Waals surface area contributed by atoms with Crippen LogP contribution >= 0.6 is 11.8 Å². The summed E-state index contributed by atoms with van der Waals surface area (Å²) in [6.45, 7) is 2.38. The number of hydrogen-bond donors (Lipinski definition) is 1. The van der Waals surface area contributed by atoms with Crippen LogP contribution in [-0.4, -0.2) is 45.3 Å². The van der Waals surface area contributed by atoms with Gasteiger partial charge in [0.1, 0.15) is 12.3 Å². The molecule has 1 aliphatic rings. The van der Waals surface area contributed by atoms with Crippen LogP contribution in [0, 0.1) is 0 Å². The van der Waals surface area contributed by atoms with Gasteiger partial charge in [0.05, 0.1) is 17.2 Å². The normalized spacial score (nSPS) is 16.6. The Morgan fingerprint density at radius 2 is 1.94 bits per heavy atom. The number of carbonyl (C=O) groups is 2. The lowest BCUT2D eigenvalue weighted by Gasteiger charge is -2.07. The molecule has 0 unspecified atom stereocenters. The summed E-state index contributed by atoms with van der Waals surface area (Å²) in [6, 6.07) is 14.9. The number of nitrogens with zero attached hydrogens (tertiary/aromatic N) is 3. The molecule has 0 atom stereocenters. The van der Waals surface area contributed by atoms with Crippen molar-refractivity contribution in [3.05, 3.63) is 65.2 Å². The maximum Gasteiger partial charge on any atom is 0.323 e. The highest BCUT2D eigenvalue weighted by Crippen LogP contribution is 2.35. The first-order valence-corrected chi connectivity index (χ1v) is 10.6. The fraction of sp³-hybridized carbons (Fsp3) is 0.174. The van der Waals surface area contributed by atoms with E-state index in [0.29, 0.717) is 16.7 Å². The standard InChI is InChI=1S/C23H21N3O4S/c1-3-30-17-10-8-16(9-11-17)24-23-25(2)22(29)20(31-23)12-15-13-26(14-21(27)28)19-7-5-4-6-18(15)19/h4-13H,3,14H2,1-2H3,(H,27,28)/b20-12-,24-23-. The number of carboxylic acid groups (broad SMARTS) is 1. The highest BCUT2D eigenvalue weighted by Gasteiger charge is 2.30. The first-order chi connectivity index (χ1) is 15.0. The topological polar surface area (TPSA) is 84.1 Å². The number of ether oxygens (including phenoxy) is 1. The maximum absolute atomic E-state index is 12.8. The lowest BCUT2D eigenvalue weighted by Crippen LogP contribution is -2.23. The van der Waals surface area contributed by atoms with E-state index in [4.69, 9.17) is 4.74 Å². The number of fused-ring (bicyclic) bond motifs is 1. The molecule has 0 saturated carbocycles. The zero-order chi connectivity index (χ0) is 22.0. The van der Waals surface area contributed by atoms with Crippen LogP contribution in [0.5, 0.6) is 5.75 Å². The number of hydrogen-bond acceptors (Lipinski definition) is 5. The predicted octanol–water partition coefficient (Wildman–Crippen LogP) is 4.36. The van der Waals surface area contributed by atoms with Crippen LogP contribution in [0.4, 0.5) is 5.69 Å². The Balaban J connectivity index is 1.65. The van der Waals surface area contributed by atoms with Crippen molar-refractivity contribution < 1.29 is 19.4 Å². The van der Waals surface area contributed by atoms with Gasteiger partial charge in [-0.3, -0.25) is 14.5 Å². The Labute approximate surface area is 183 Å². The third-order valence-corrected chi connectivity index (χ3v) is 5.85. The minimum Gasteiger partial charge on any atom is -0.494 e. The predicted molar refractivity (Wildman–Crippen MR) is 123 cm³/mol. The maximum atomic E-state index is 12.8. The van der Waals surface area contributed by atoms with Gasteiger partial charge in [-0.05, 0) is 55.1 Å². The fourth-order valence-corrected chi connectivity index (χ4v) is 4.33. The van der Waals surface area contributed by atoms with Crippen molar-refractivity contribution in [2.75, 3.05) is 13.7 Å². The molecule has 1 aliphatic heterocycles. The number of rotatable bonds is 6. The van der Waals surface area contributed by atoms with E-state index in [9.17, 15) is 14.7 Å². The van der Waals surface area contributed by atoms with Gasteiger partial charge in [-0.1, -0.05) is 18.2 Å². The van der Waals surface area contributed by atoms with Crippen molar-refractivity contribution in [1.29, 1.82) is 0 Å². The van der Waals surface area contributed by atoms with Gasteiger partial charge in [-0.2, -0.15) is 0 Å². The number of benzene rings is 2. The number of amides is 1. The van der Waals surface area contributed by atoms with Crippen molar-refractivity contribution in [2.24, 2.45) is 4.99 Å². The number of aliphatic imine (C=N–C) groups is 1. The summed E-state index contributed by atoms with van der Waals surface area (Å²) in [4.78, 5) is 30.7. The summed E-state index contributed by atoms with van der Waals surface area (Å²) >= 11 is 1.29. The zero-order valence-corrected chi connectivity index (χ0v) is 17.9. The van der Waals surface area contributed by atoms with Crippen LogP contribution in [0.25, 0.3) is 17.0 Å². The van der Waals surface area contributed by atoms with Crippen LogP contribution in [0.2, 0.25) is 0 Å². The number of carboxylic acids is 1. The first kappa shape index (κ1) is 20.7. The molecule has 4 rings (SSSR count). The second kappa shape index (κ2) is 8.69. The number of aromatic nitrogens is 1. The molecule has 0 aliphatic carbocycles. The van der Waals surface area contributed by atoms with Gasteiger partial charge in [0.25, 0.3) is 5.91 Å². The van der Waals surface area contributed by atoms with Gasteiger partial charge < -0.3 is 14.4 Å². The van der Waals surface area contributed by atoms with Gasteiger partial charge in [0.2, 0.25) is 0 Å². The molecular formula is C23H21N3O4S. The molecule has 1 N–H and O–H groups in total. The number of thioether (sulfide) groups is 1. The van der Waals surface area contributed by atoms with E-state index in [0.717, 1.165) is 27.9 Å². The van der Waals surface area contributed by atoms with Gasteiger partial charge >= 0.3 is 5.97 Å². The SMILES string of the molecule is CCOc1ccc(/N=C2\S/C(=C\c3cn(CC(=O)O)c4ccccc34)C(=O)N2C)cc1. The summed E-state index contributed by atoms with van der Waals surface area (Å²) in [6.07, 6.45) is 3.56. The highest BCUT2D eigenvalue weighted by atomic mass is 32.2. The minimum atomic E-state index is -0.921. The average molecular weight is 436 g/mol. The number of carbonyl (C=O) groups excluding carboxylic acids is 1. The summed E-state index contributed by atoms with van der Waals surface area (Å²) in [5.41, 5.74) is 2.33. The zero-order valence-electron chi connectivity index (χ0n) is 17.1. The molecular weight excluding hydrogens is 414 g/mol.